The number of rotatable bonds is 2. The van der Waals surface area contributed by atoms with E-state index in [1.165, 1.54) is 0 Å². The highest BCUT2D eigenvalue weighted by Crippen LogP contribution is 2.42. The Morgan fingerprint density at radius 3 is 2.37 bits per heavy atom. The Morgan fingerprint density at radius 2 is 1.79 bits per heavy atom. The molecule has 0 aliphatic carbocycles. The van der Waals surface area contributed by atoms with Crippen molar-refractivity contribution in [1.82, 2.24) is 9.62 Å². The maximum absolute atomic E-state index is 12.0. The van der Waals surface area contributed by atoms with Gasteiger partial charge in [-0.25, -0.2) is 4.79 Å². The zero-order valence-electron chi connectivity index (χ0n) is 9.27. The first-order valence-electron chi connectivity index (χ1n) is 5.05. The quantitative estimate of drug-likeness (QED) is 0.388. The van der Waals surface area contributed by atoms with E-state index in [4.69, 9.17) is 34.8 Å². The molecule has 1 aromatic rings. The number of carbonyl (C=O) groups is 2. The highest BCUT2D eigenvalue weighted by Gasteiger charge is 2.39. The average Bonchev–Trinajstić information content (AvgIpc) is 2.57. The molecule has 0 atom stereocenters. The first-order chi connectivity index (χ1) is 8.87. The molecule has 0 radical (unpaired) electrons. The first kappa shape index (κ1) is 14.5. The monoisotopic (exact) mass is 336 g/mol. The molecule has 100 valence electrons. The second-order valence-electron chi connectivity index (χ2n) is 3.54. The maximum Gasteiger partial charge on any atom is 0.339 e. The molecular weight excluding hydrogens is 331 g/mol. The lowest BCUT2D eigenvalue weighted by Crippen LogP contribution is -2.26. The third-order valence-electron chi connectivity index (χ3n) is 2.15. The number of benzene rings is 1. The van der Waals surface area contributed by atoms with Crippen molar-refractivity contribution in [2.75, 3.05) is 0 Å². The molecule has 3 amide bonds. The van der Waals surface area contributed by atoms with E-state index in [1.807, 2.05) is 18.2 Å². The van der Waals surface area contributed by atoms with Gasteiger partial charge in [-0.1, -0.05) is 65.1 Å². The Hall–Kier alpha value is -0.880. The Kier molecular flexibility index (Phi) is 4.30. The lowest BCUT2D eigenvalue weighted by Gasteiger charge is -2.15. The minimum atomic E-state index is -1.78. The standard InChI is InChI=1S/C11H7Cl3N2O2S/c12-11(13,14)19-16-9(17)8(15-10(16)18)6-7-4-2-1-3-5-7/h1-6H,(H,15,18)/b8-6+. The van der Waals surface area contributed by atoms with Crippen LogP contribution in [0.1, 0.15) is 5.56 Å². The number of halogens is 3. The summed E-state index contributed by atoms with van der Waals surface area (Å²) in [5.74, 6) is -0.551. The Bertz CT molecular complexity index is 543. The Balaban J connectivity index is 2.21. The Morgan fingerprint density at radius 1 is 1.16 bits per heavy atom. The molecule has 1 heterocycles. The van der Waals surface area contributed by atoms with Gasteiger partial charge in [0.2, 0.25) is 0 Å². The topological polar surface area (TPSA) is 49.4 Å². The van der Waals surface area contributed by atoms with Crippen molar-refractivity contribution in [2.45, 2.75) is 3.12 Å². The van der Waals surface area contributed by atoms with Gasteiger partial charge in [0.25, 0.3) is 9.03 Å². The van der Waals surface area contributed by atoms with Gasteiger partial charge >= 0.3 is 6.03 Å². The van der Waals surface area contributed by atoms with Crippen LogP contribution in [-0.4, -0.2) is 19.4 Å². The molecule has 0 bridgehead atoms. The molecule has 19 heavy (non-hydrogen) atoms. The lowest BCUT2D eigenvalue weighted by molar-refractivity contribution is -0.119. The van der Waals surface area contributed by atoms with Crippen molar-refractivity contribution in [2.24, 2.45) is 0 Å². The molecule has 1 N–H and O–H groups in total. The fourth-order valence-corrected chi connectivity index (χ4v) is 2.56. The minimum Gasteiger partial charge on any atom is -0.302 e. The van der Waals surface area contributed by atoms with Crippen LogP contribution in [0.3, 0.4) is 0 Å². The highest BCUT2D eigenvalue weighted by atomic mass is 35.6. The van der Waals surface area contributed by atoms with E-state index in [9.17, 15) is 9.59 Å². The minimum absolute atomic E-state index is 0.137. The largest absolute Gasteiger partial charge is 0.339 e. The number of amides is 3. The second-order valence-corrected chi connectivity index (χ2v) is 7.65. The molecule has 0 spiro atoms. The third kappa shape index (κ3) is 3.79. The zero-order valence-corrected chi connectivity index (χ0v) is 12.4. The lowest BCUT2D eigenvalue weighted by atomic mass is 10.2. The molecule has 0 unspecified atom stereocenters. The molecule has 8 heteroatoms. The van der Waals surface area contributed by atoms with Gasteiger partial charge in [-0.3, -0.25) is 4.79 Å². The van der Waals surface area contributed by atoms with E-state index < -0.39 is 15.1 Å². The van der Waals surface area contributed by atoms with Gasteiger partial charge in [-0.15, -0.1) is 0 Å². The number of alkyl halides is 3. The number of hydrogen-bond donors (Lipinski definition) is 1. The molecule has 4 nitrogen and oxygen atoms in total. The van der Waals surface area contributed by atoms with Crippen LogP contribution in [0.2, 0.25) is 0 Å². The molecule has 1 fully saturated rings. The van der Waals surface area contributed by atoms with Crippen LogP contribution in [-0.2, 0) is 4.79 Å². The molecular formula is C11H7Cl3N2O2S. The predicted octanol–water partition coefficient (Wildman–Crippen LogP) is 3.56. The maximum atomic E-state index is 12.0. The summed E-state index contributed by atoms with van der Waals surface area (Å²) >= 11 is 17.2. The van der Waals surface area contributed by atoms with E-state index in [0.29, 0.717) is 11.9 Å². The summed E-state index contributed by atoms with van der Waals surface area (Å²) < 4.78 is -1.00. The molecule has 0 saturated carbocycles. The van der Waals surface area contributed by atoms with Gasteiger partial charge in [-0.05, 0) is 11.6 Å². The third-order valence-corrected chi connectivity index (χ3v) is 3.49. The van der Waals surface area contributed by atoms with Gasteiger partial charge in [0.15, 0.2) is 0 Å². The summed E-state index contributed by atoms with van der Waals surface area (Å²) in [5, 5.41) is 2.43. The normalized spacial score (nSPS) is 18.1. The molecule has 1 aromatic carbocycles. The van der Waals surface area contributed by atoms with E-state index >= 15 is 0 Å². The van der Waals surface area contributed by atoms with Crippen LogP contribution in [0.4, 0.5) is 4.79 Å². The van der Waals surface area contributed by atoms with Gasteiger partial charge in [0.05, 0.1) is 0 Å². The summed E-state index contributed by atoms with van der Waals surface area (Å²) in [6, 6.07) is 8.46. The SMILES string of the molecule is O=C1N/C(=C/c2ccccc2)C(=O)N1SC(Cl)(Cl)Cl. The van der Waals surface area contributed by atoms with Crippen LogP contribution in [0, 0.1) is 0 Å². The molecule has 1 aliphatic heterocycles. The second kappa shape index (κ2) is 5.63. The number of hydrogen-bond acceptors (Lipinski definition) is 3. The van der Waals surface area contributed by atoms with E-state index in [2.05, 4.69) is 5.32 Å². The van der Waals surface area contributed by atoms with Crippen molar-refractivity contribution >= 4 is 64.8 Å². The zero-order chi connectivity index (χ0) is 14.0. The summed E-state index contributed by atoms with van der Waals surface area (Å²) in [4.78, 5) is 23.6. The van der Waals surface area contributed by atoms with Crippen molar-refractivity contribution in [3.63, 3.8) is 0 Å². The van der Waals surface area contributed by atoms with Crippen LogP contribution >= 0.6 is 46.8 Å². The number of urea groups is 1. The molecule has 0 aromatic heterocycles. The van der Waals surface area contributed by atoms with Crippen molar-refractivity contribution in [1.29, 1.82) is 0 Å². The molecule has 2 rings (SSSR count). The average molecular weight is 338 g/mol. The number of nitrogens with one attached hydrogen (secondary N) is 1. The van der Waals surface area contributed by atoms with Crippen LogP contribution < -0.4 is 5.32 Å². The van der Waals surface area contributed by atoms with E-state index in [0.717, 1.165) is 9.87 Å². The van der Waals surface area contributed by atoms with Gasteiger partial charge in [-0.2, -0.15) is 4.31 Å². The Labute approximate surface area is 128 Å². The summed E-state index contributed by atoms with van der Waals surface area (Å²) in [5.41, 5.74) is 0.921. The highest BCUT2D eigenvalue weighted by molar-refractivity contribution is 8.03. The fraction of sp³-hybridized carbons (Fsp3) is 0.0909. The van der Waals surface area contributed by atoms with Crippen molar-refractivity contribution in [3.05, 3.63) is 41.6 Å². The predicted molar refractivity (Wildman–Crippen MR) is 77.7 cm³/mol. The van der Waals surface area contributed by atoms with Gasteiger partial charge in [0, 0.05) is 11.9 Å². The number of nitrogens with zero attached hydrogens (tertiary/aromatic N) is 1. The van der Waals surface area contributed by atoms with E-state index in [-0.39, 0.29) is 5.70 Å². The van der Waals surface area contributed by atoms with Gasteiger partial charge in [0.1, 0.15) is 5.70 Å². The van der Waals surface area contributed by atoms with Gasteiger partial charge < -0.3 is 5.32 Å². The van der Waals surface area contributed by atoms with Crippen LogP contribution in [0.15, 0.2) is 36.0 Å². The summed E-state index contributed by atoms with van der Waals surface area (Å²) in [6.07, 6.45) is 1.55. The molecule has 1 saturated heterocycles. The number of imide groups is 1. The van der Waals surface area contributed by atoms with Crippen molar-refractivity contribution < 1.29 is 9.59 Å². The van der Waals surface area contributed by atoms with Crippen LogP contribution in [0.25, 0.3) is 6.08 Å². The van der Waals surface area contributed by atoms with Crippen molar-refractivity contribution in [3.8, 4) is 0 Å². The smallest absolute Gasteiger partial charge is 0.302 e. The van der Waals surface area contributed by atoms with E-state index in [1.54, 1.807) is 18.2 Å². The van der Waals surface area contributed by atoms with Crippen LogP contribution in [0.5, 0.6) is 0 Å². The fourth-order valence-electron chi connectivity index (χ4n) is 1.42. The summed E-state index contributed by atoms with van der Waals surface area (Å²) in [6.45, 7) is 0. The molecule has 1 aliphatic rings. The summed E-state index contributed by atoms with van der Waals surface area (Å²) in [7, 11) is 0. The first-order valence-corrected chi connectivity index (χ1v) is 6.95. The number of carbonyl (C=O) groups excluding carboxylic acids is 2.